The van der Waals surface area contributed by atoms with Crippen LogP contribution in [0.1, 0.15) is 18.9 Å². The molecule has 0 fully saturated rings. The lowest BCUT2D eigenvalue weighted by Gasteiger charge is -2.12. The number of aryl methyl sites for hydroxylation is 1. The van der Waals surface area contributed by atoms with Gasteiger partial charge in [0.1, 0.15) is 11.0 Å². The number of rotatable bonds is 9. The van der Waals surface area contributed by atoms with E-state index in [1.165, 1.54) is 0 Å². The molecule has 13 heteroatoms. The molecule has 0 aliphatic heterocycles. The van der Waals surface area contributed by atoms with E-state index in [0.29, 0.717) is 82.6 Å². The molecule has 0 saturated carbocycles. The molecule has 0 spiro atoms. The fourth-order valence-electron chi connectivity index (χ4n) is 4.20. The van der Waals surface area contributed by atoms with Crippen LogP contribution in [0.25, 0.3) is 33.8 Å². The van der Waals surface area contributed by atoms with Gasteiger partial charge in [-0.3, -0.25) is 0 Å². The molecular weight excluding hydrogens is 512 g/mol. The number of nitrogens with zero attached hydrogens (tertiary/aromatic N) is 6. The van der Waals surface area contributed by atoms with Gasteiger partial charge in [-0.25, -0.2) is 19.4 Å². The quantitative estimate of drug-likeness (QED) is 0.199. The number of pyridine rings is 1. The standard InChI is InChI=1S/C27H26N10O3/c1-2-37-24-20(39-12-4-11-28)15-31-21(22(24)34-26(37)23-25(30)36-40-35-23)17-5-3-6-19(13-17)33-27(38)32-18-9-7-16(14-29)8-10-18/h3,5-10,13,15H,2,4,11-12,28H2,1H3,(H2,30,36)(H2,32,33,38). The summed E-state index contributed by atoms with van der Waals surface area (Å²) in [6, 6.07) is 15.4. The second-order valence-electron chi connectivity index (χ2n) is 8.69. The highest BCUT2D eigenvalue weighted by Gasteiger charge is 2.24. The lowest BCUT2D eigenvalue weighted by Crippen LogP contribution is -2.19. The third-order valence-electron chi connectivity index (χ3n) is 6.05. The van der Waals surface area contributed by atoms with Crippen molar-refractivity contribution in [3.8, 4) is 34.6 Å². The Morgan fingerprint density at radius 2 is 1.93 bits per heavy atom. The average molecular weight is 539 g/mol. The smallest absolute Gasteiger partial charge is 0.323 e. The Kier molecular flexibility index (Phi) is 7.52. The number of amides is 2. The van der Waals surface area contributed by atoms with Gasteiger partial charge in [-0.1, -0.05) is 12.1 Å². The van der Waals surface area contributed by atoms with Gasteiger partial charge in [0, 0.05) is 23.5 Å². The van der Waals surface area contributed by atoms with E-state index in [9.17, 15) is 4.79 Å². The van der Waals surface area contributed by atoms with Crippen molar-refractivity contribution in [2.45, 2.75) is 19.9 Å². The number of carbonyl (C=O) groups excluding carboxylic acids is 1. The van der Waals surface area contributed by atoms with Crippen LogP contribution in [0.4, 0.5) is 22.0 Å². The molecule has 0 saturated heterocycles. The molecule has 13 nitrogen and oxygen atoms in total. The Labute approximate surface area is 228 Å². The maximum atomic E-state index is 12.6. The van der Waals surface area contributed by atoms with Gasteiger partial charge in [-0.15, -0.1) is 0 Å². The molecular formula is C27H26N10O3. The minimum absolute atomic E-state index is 0.115. The highest BCUT2D eigenvalue weighted by atomic mass is 16.6. The van der Waals surface area contributed by atoms with Crippen LogP contribution in [-0.2, 0) is 6.54 Å². The van der Waals surface area contributed by atoms with E-state index in [1.54, 1.807) is 42.6 Å². The summed E-state index contributed by atoms with van der Waals surface area (Å²) in [5.41, 5.74) is 16.1. The molecule has 0 bridgehead atoms. The highest BCUT2D eigenvalue weighted by molar-refractivity contribution is 6.01. The van der Waals surface area contributed by atoms with Crippen molar-refractivity contribution in [1.29, 1.82) is 5.26 Å². The van der Waals surface area contributed by atoms with Crippen LogP contribution in [0, 0.1) is 11.3 Å². The molecule has 0 atom stereocenters. The van der Waals surface area contributed by atoms with Crippen LogP contribution in [0.15, 0.2) is 59.4 Å². The molecule has 40 heavy (non-hydrogen) atoms. The molecule has 0 aliphatic carbocycles. The fraction of sp³-hybridized carbons (Fsp3) is 0.185. The summed E-state index contributed by atoms with van der Waals surface area (Å²) in [6.07, 6.45) is 2.32. The van der Waals surface area contributed by atoms with Crippen LogP contribution >= 0.6 is 0 Å². The predicted octanol–water partition coefficient (Wildman–Crippen LogP) is 3.99. The summed E-state index contributed by atoms with van der Waals surface area (Å²) in [7, 11) is 0. The zero-order valence-electron chi connectivity index (χ0n) is 21.6. The first-order valence-corrected chi connectivity index (χ1v) is 12.5. The molecule has 202 valence electrons. The largest absolute Gasteiger partial charge is 0.490 e. The predicted molar refractivity (Wildman–Crippen MR) is 149 cm³/mol. The maximum Gasteiger partial charge on any atom is 0.323 e. The summed E-state index contributed by atoms with van der Waals surface area (Å²) >= 11 is 0. The van der Waals surface area contributed by atoms with Crippen molar-refractivity contribution in [2.75, 3.05) is 29.5 Å². The van der Waals surface area contributed by atoms with Crippen LogP contribution in [0.3, 0.4) is 0 Å². The molecule has 3 heterocycles. The molecule has 0 aliphatic rings. The Balaban J connectivity index is 1.51. The number of imidazole rings is 1. The lowest BCUT2D eigenvalue weighted by atomic mass is 10.1. The van der Waals surface area contributed by atoms with E-state index in [0.717, 1.165) is 0 Å². The zero-order chi connectivity index (χ0) is 28.1. The normalized spacial score (nSPS) is 10.8. The minimum atomic E-state index is -0.435. The first kappa shape index (κ1) is 26.1. The summed E-state index contributed by atoms with van der Waals surface area (Å²) in [4.78, 5) is 22.2. The summed E-state index contributed by atoms with van der Waals surface area (Å²) in [5.74, 6) is 1.12. The number of aromatic nitrogens is 5. The number of nitrogens with one attached hydrogen (secondary N) is 2. The number of nitrogen functional groups attached to an aromatic ring is 1. The van der Waals surface area contributed by atoms with E-state index in [1.807, 2.05) is 29.7 Å². The number of carbonyl (C=O) groups is 1. The van der Waals surface area contributed by atoms with Gasteiger partial charge < -0.3 is 31.4 Å². The maximum absolute atomic E-state index is 12.6. The molecule has 5 rings (SSSR count). The van der Waals surface area contributed by atoms with Gasteiger partial charge in [0.2, 0.25) is 0 Å². The summed E-state index contributed by atoms with van der Waals surface area (Å²) < 4.78 is 12.8. The molecule has 5 aromatic rings. The molecule has 2 amide bonds. The fourth-order valence-corrected chi connectivity index (χ4v) is 4.20. The van der Waals surface area contributed by atoms with Crippen LogP contribution in [0.5, 0.6) is 5.75 Å². The van der Waals surface area contributed by atoms with Gasteiger partial charge in [0.25, 0.3) is 0 Å². The Bertz CT molecular complexity index is 1700. The summed E-state index contributed by atoms with van der Waals surface area (Å²) in [5, 5.41) is 22.2. The first-order chi connectivity index (χ1) is 19.5. The SMILES string of the molecule is CCn1c(-c2nonc2N)nc2c(-c3cccc(NC(=O)Nc4ccc(C#N)cc4)c3)ncc(OCCCN)c21. The second kappa shape index (κ2) is 11.5. The second-order valence-corrected chi connectivity index (χ2v) is 8.69. The van der Waals surface area contributed by atoms with E-state index >= 15 is 0 Å². The third-order valence-corrected chi connectivity index (χ3v) is 6.05. The van der Waals surface area contributed by atoms with E-state index in [-0.39, 0.29) is 5.82 Å². The number of nitrogens with two attached hydrogens (primary N) is 2. The number of hydrogen-bond donors (Lipinski definition) is 4. The minimum Gasteiger partial charge on any atom is -0.490 e. The first-order valence-electron chi connectivity index (χ1n) is 12.5. The number of fused-ring (bicyclic) bond motifs is 1. The van der Waals surface area contributed by atoms with E-state index < -0.39 is 6.03 Å². The Morgan fingerprint density at radius 1 is 1.12 bits per heavy atom. The van der Waals surface area contributed by atoms with Crippen molar-refractivity contribution in [2.24, 2.45) is 5.73 Å². The average Bonchev–Trinajstić information content (AvgIpc) is 3.57. The summed E-state index contributed by atoms with van der Waals surface area (Å²) in [6.45, 7) is 3.41. The van der Waals surface area contributed by atoms with Crippen LogP contribution in [0.2, 0.25) is 0 Å². The number of anilines is 3. The van der Waals surface area contributed by atoms with Gasteiger partial charge in [-0.2, -0.15) is 5.26 Å². The molecule has 6 N–H and O–H groups in total. The van der Waals surface area contributed by atoms with Gasteiger partial charge >= 0.3 is 6.03 Å². The molecule has 0 radical (unpaired) electrons. The third kappa shape index (κ3) is 5.24. The topological polar surface area (TPSA) is 196 Å². The molecule has 2 aromatic carbocycles. The van der Waals surface area contributed by atoms with E-state index in [2.05, 4.69) is 25.9 Å². The number of urea groups is 1. The zero-order valence-corrected chi connectivity index (χ0v) is 21.6. The number of hydrogen-bond acceptors (Lipinski definition) is 10. The highest BCUT2D eigenvalue weighted by Crippen LogP contribution is 2.37. The lowest BCUT2D eigenvalue weighted by molar-refractivity contribution is 0.262. The van der Waals surface area contributed by atoms with Crippen molar-refractivity contribution in [3.63, 3.8) is 0 Å². The van der Waals surface area contributed by atoms with Crippen molar-refractivity contribution < 1.29 is 14.2 Å². The van der Waals surface area contributed by atoms with Crippen molar-refractivity contribution >= 4 is 34.3 Å². The van der Waals surface area contributed by atoms with Crippen molar-refractivity contribution in [3.05, 3.63) is 60.3 Å². The molecule has 0 unspecified atom stereocenters. The van der Waals surface area contributed by atoms with Gasteiger partial charge in [-0.05, 0) is 66.6 Å². The van der Waals surface area contributed by atoms with Crippen LogP contribution in [-0.4, -0.2) is 44.0 Å². The number of ether oxygens (including phenoxy) is 1. The van der Waals surface area contributed by atoms with Gasteiger partial charge in [0.15, 0.2) is 23.1 Å². The molecule has 3 aromatic heterocycles. The number of benzene rings is 2. The monoisotopic (exact) mass is 538 g/mol. The van der Waals surface area contributed by atoms with Crippen LogP contribution < -0.4 is 26.8 Å². The van der Waals surface area contributed by atoms with Gasteiger partial charge in [0.05, 0.1) is 30.1 Å². The van der Waals surface area contributed by atoms with Crippen molar-refractivity contribution in [1.82, 2.24) is 24.8 Å². The number of nitriles is 1. The van der Waals surface area contributed by atoms with E-state index in [4.69, 9.17) is 31.1 Å². The Morgan fingerprint density at radius 3 is 2.62 bits per heavy atom. The Hall–Kier alpha value is -5.48.